The predicted molar refractivity (Wildman–Crippen MR) is 94.7 cm³/mol. The lowest BCUT2D eigenvalue weighted by molar-refractivity contribution is -0.119. The van der Waals surface area contributed by atoms with Gasteiger partial charge in [-0.25, -0.2) is 14.8 Å². The SMILES string of the molecule is COC(=O)c1nc2c(cc1-c1cc(Cl)ncc1OC)C1(CC1)C(=O)N2C. The normalized spacial score (nSPS) is 16.6. The van der Waals surface area contributed by atoms with Gasteiger partial charge in [-0.2, -0.15) is 0 Å². The first-order valence-electron chi connectivity index (χ1n) is 8.05. The quantitative estimate of drug-likeness (QED) is 0.607. The molecule has 7 nitrogen and oxygen atoms in total. The maximum absolute atomic E-state index is 12.6. The Morgan fingerprint density at radius 2 is 2.00 bits per heavy atom. The summed E-state index contributed by atoms with van der Waals surface area (Å²) in [7, 11) is 4.47. The van der Waals surface area contributed by atoms with Crippen molar-refractivity contribution in [2.45, 2.75) is 18.3 Å². The number of carbonyl (C=O) groups is 2. The first kappa shape index (κ1) is 16.8. The number of esters is 1. The summed E-state index contributed by atoms with van der Waals surface area (Å²) in [5, 5.41) is 0.256. The number of amides is 1. The van der Waals surface area contributed by atoms with E-state index < -0.39 is 11.4 Å². The second-order valence-corrected chi connectivity index (χ2v) is 6.79. The van der Waals surface area contributed by atoms with E-state index in [4.69, 9.17) is 21.1 Å². The minimum absolute atomic E-state index is 0.00712. The molecule has 1 amide bonds. The molecule has 26 heavy (non-hydrogen) atoms. The molecule has 0 aromatic carbocycles. The molecular formula is C18H16ClN3O4. The van der Waals surface area contributed by atoms with Crippen LogP contribution in [-0.2, 0) is 14.9 Å². The molecule has 2 aromatic rings. The minimum atomic E-state index is -0.601. The maximum atomic E-state index is 12.6. The van der Waals surface area contributed by atoms with Gasteiger partial charge in [0.15, 0.2) is 5.69 Å². The highest BCUT2D eigenvalue weighted by Gasteiger charge is 2.59. The molecule has 0 N–H and O–H groups in total. The Morgan fingerprint density at radius 3 is 2.62 bits per heavy atom. The summed E-state index contributed by atoms with van der Waals surface area (Å²) in [6, 6.07) is 3.44. The van der Waals surface area contributed by atoms with Crippen molar-refractivity contribution < 1.29 is 19.1 Å². The molecule has 1 aliphatic carbocycles. The largest absolute Gasteiger partial charge is 0.494 e. The monoisotopic (exact) mass is 373 g/mol. The standard InChI is InChI=1S/C18H16ClN3O4/c1-22-15-11(18(4-5-18)17(22)24)6-10(14(21-15)16(23)26-3)9-7-13(19)20-8-12(9)25-2/h6-8H,4-5H2,1-3H3. The van der Waals surface area contributed by atoms with Gasteiger partial charge in [-0.15, -0.1) is 0 Å². The first-order chi connectivity index (χ1) is 12.4. The zero-order valence-electron chi connectivity index (χ0n) is 14.5. The van der Waals surface area contributed by atoms with Crippen LogP contribution in [0, 0.1) is 0 Å². The zero-order chi connectivity index (χ0) is 18.6. The molecule has 0 saturated heterocycles. The number of halogens is 1. The number of aromatic nitrogens is 2. The van der Waals surface area contributed by atoms with Crippen LogP contribution in [-0.4, -0.2) is 43.1 Å². The van der Waals surface area contributed by atoms with Crippen molar-refractivity contribution in [3.05, 3.63) is 34.7 Å². The van der Waals surface area contributed by atoms with Crippen molar-refractivity contribution in [2.24, 2.45) is 0 Å². The van der Waals surface area contributed by atoms with Crippen LogP contribution < -0.4 is 9.64 Å². The average Bonchev–Trinajstić information content (AvgIpc) is 3.43. The molecule has 4 rings (SSSR count). The topological polar surface area (TPSA) is 81.6 Å². The van der Waals surface area contributed by atoms with Crippen molar-refractivity contribution in [3.63, 3.8) is 0 Å². The lowest BCUT2D eigenvalue weighted by atomic mass is 9.94. The van der Waals surface area contributed by atoms with Crippen molar-refractivity contribution in [3.8, 4) is 16.9 Å². The van der Waals surface area contributed by atoms with Crippen molar-refractivity contribution in [1.29, 1.82) is 0 Å². The third-order valence-electron chi connectivity index (χ3n) is 5.02. The van der Waals surface area contributed by atoms with Crippen LogP contribution in [0.15, 0.2) is 18.3 Å². The van der Waals surface area contributed by atoms with E-state index in [9.17, 15) is 9.59 Å². The Labute approximate surface area is 154 Å². The third-order valence-corrected chi connectivity index (χ3v) is 5.23. The minimum Gasteiger partial charge on any atom is -0.494 e. The van der Waals surface area contributed by atoms with Crippen LogP contribution in [0.4, 0.5) is 5.82 Å². The van der Waals surface area contributed by atoms with Gasteiger partial charge in [0.1, 0.15) is 16.7 Å². The van der Waals surface area contributed by atoms with Crippen LogP contribution in [0.1, 0.15) is 28.9 Å². The van der Waals surface area contributed by atoms with Gasteiger partial charge in [0.2, 0.25) is 5.91 Å². The third kappa shape index (κ3) is 2.20. The van der Waals surface area contributed by atoms with Gasteiger partial charge >= 0.3 is 5.97 Å². The molecule has 1 saturated carbocycles. The van der Waals surface area contributed by atoms with E-state index in [1.807, 2.05) is 6.07 Å². The summed E-state index contributed by atoms with van der Waals surface area (Å²) in [6.45, 7) is 0. The van der Waals surface area contributed by atoms with Crippen LogP contribution >= 0.6 is 11.6 Å². The highest BCUT2D eigenvalue weighted by molar-refractivity contribution is 6.29. The first-order valence-corrected chi connectivity index (χ1v) is 8.42. The van der Waals surface area contributed by atoms with E-state index in [0.717, 1.165) is 18.4 Å². The van der Waals surface area contributed by atoms with Gasteiger partial charge in [-0.3, -0.25) is 9.69 Å². The Bertz CT molecular complexity index is 956. The highest BCUT2D eigenvalue weighted by atomic mass is 35.5. The van der Waals surface area contributed by atoms with Gasteiger partial charge in [-0.1, -0.05) is 11.6 Å². The Kier molecular flexibility index (Phi) is 3.66. The fourth-order valence-corrected chi connectivity index (χ4v) is 3.66. The van der Waals surface area contributed by atoms with E-state index in [1.54, 1.807) is 13.1 Å². The second-order valence-electron chi connectivity index (χ2n) is 6.40. The molecule has 1 spiro atoms. The number of methoxy groups -OCH3 is 2. The van der Waals surface area contributed by atoms with E-state index in [1.165, 1.54) is 25.3 Å². The number of hydrogen-bond acceptors (Lipinski definition) is 6. The van der Waals surface area contributed by atoms with Gasteiger partial charge in [0, 0.05) is 23.7 Å². The fourth-order valence-electron chi connectivity index (χ4n) is 3.50. The summed E-state index contributed by atoms with van der Waals surface area (Å²) in [5.74, 6) is 0.350. The Balaban J connectivity index is 2.01. The Morgan fingerprint density at radius 1 is 1.27 bits per heavy atom. The Hall–Kier alpha value is -2.67. The van der Waals surface area contributed by atoms with E-state index in [-0.39, 0.29) is 16.8 Å². The van der Waals surface area contributed by atoms with Crippen LogP contribution in [0.3, 0.4) is 0 Å². The summed E-state index contributed by atoms with van der Waals surface area (Å²) in [4.78, 5) is 35.0. The lowest BCUT2D eigenvalue weighted by Gasteiger charge is -2.15. The van der Waals surface area contributed by atoms with E-state index >= 15 is 0 Å². The van der Waals surface area contributed by atoms with Gasteiger partial charge in [-0.05, 0) is 25.0 Å². The molecule has 1 fully saturated rings. The van der Waals surface area contributed by atoms with Crippen LogP contribution in [0.5, 0.6) is 5.75 Å². The summed E-state index contributed by atoms with van der Waals surface area (Å²) >= 11 is 6.06. The lowest BCUT2D eigenvalue weighted by Crippen LogP contribution is -2.28. The number of rotatable bonds is 3. The number of carbonyl (C=O) groups excluding carboxylic acids is 2. The number of pyridine rings is 2. The second kappa shape index (κ2) is 5.67. The van der Waals surface area contributed by atoms with Gasteiger partial charge in [0.25, 0.3) is 0 Å². The summed E-state index contributed by atoms with van der Waals surface area (Å²) in [6.07, 6.45) is 3.03. The average molecular weight is 374 g/mol. The van der Waals surface area contributed by atoms with Crippen LogP contribution in [0.2, 0.25) is 5.15 Å². The smallest absolute Gasteiger partial charge is 0.357 e. The predicted octanol–water partition coefficient (Wildman–Crippen LogP) is 2.60. The number of fused-ring (bicyclic) bond motifs is 2. The van der Waals surface area contributed by atoms with E-state index in [2.05, 4.69) is 9.97 Å². The van der Waals surface area contributed by atoms with Gasteiger partial charge in [0.05, 0.1) is 25.8 Å². The molecule has 0 radical (unpaired) electrons. The number of ether oxygens (including phenoxy) is 2. The van der Waals surface area contributed by atoms with E-state index in [0.29, 0.717) is 22.7 Å². The zero-order valence-corrected chi connectivity index (χ0v) is 15.3. The molecule has 2 aromatic heterocycles. The molecule has 0 bridgehead atoms. The molecule has 1 aliphatic heterocycles. The maximum Gasteiger partial charge on any atom is 0.357 e. The van der Waals surface area contributed by atoms with Crippen molar-refractivity contribution in [2.75, 3.05) is 26.2 Å². The van der Waals surface area contributed by atoms with Crippen molar-refractivity contribution in [1.82, 2.24) is 9.97 Å². The summed E-state index contributed by atoms with van der Waals surface area (Å²) in [5.41, 5.74) is 1.48. The fraction of sp³-hybridized carbons (Fsp3) is 0.333. The van der Waals surface area contributed by atoms with Crippen LogP contribution in [0.25, 0.3) is 11.1 Å². The molecule has 134 valence electrons. The molecule has 0 unspecified atom stereocenters. The number of nitrogens with zero attached hydrogens (tertiary/aromatic N) is 3. The molecule has 2 aliphatic rings. The highest BCUT2D eigenvalue weighted by Crippen LogP contribution is 2.57. The number of anilines is 1. The number of hydrogen-bond donors (Lipinski definition) is 0. The van der Waals surface area contributed by atoms with Gasteiger partial charge < -0.3 is 9.47 Å². The summed E-state index contributed by atoms with van der Waals surface area (Å²) < 4.78 is 10.3. The molecular weight excluding hydrogens is 358 g/mol. The van der Waals surface area contributed by atoms with Crippen molar-refractivity contribution >= 4 is 29.3 Å². The number of likely N-dealkylation sites (N-methyl/N-ethyl adjacent to an activating group) is 1. The molecule has 0 atom stereocenters. The molecule has 3 heterocycles. The molecule has 8 heteroatoms.